The molecule has 4 amide bonds. The number of nitrogens with zero attached hydrogens (tertiary/aromatic N) is 4. The van der Waals surface area contributed by atoms with Gasteiger partial charge < -0.3 is 0 Å². The summed E-state index contributed by atoms with van der Waals surface area (Å²) in [5.41, 5.74) is 0.236. The van der Waals surface area contributed by atoms with Crippen LogP contribution < -0.4 is 9.80 Å². The van der Waals surface area contributed by atoms with Crippen LogP contribution in [0.25, 0.3) is 0 Å². The number of hydrogen-bond acceptors (Lipinski definition) is 8. The molecule has 0 spiro atoms. The largest absolute Gasteiger partial charge is 0.274 e. The van der Waals surface area contributed by atoms with Crippen molar-refractivity contribution >= 4 is 55.1 Å². The van der Waals surface area contributed by atoms with Crippen LogP contribution in [0.5, 0.6) is 0 Å². The fourth-order valence-corrected chi connectivity index (χ4v) is 10.7. The molecule has 0 N–H and O–H groups in total. The van der Waals surface area contributed by atoms with Gasteiger partial charge in [0.1, 0.15) is 0 Å². The number of amides is 4. The van der Waals surface area contributed by atoms with Gasteiger partial charge in [-0.1, -0.05) is 52.0 Å². The van der Waals surface area contributed by atoms with E-state index in [4.69, 9.17) is 0 Å². The Morgan fingerprint density at radius 3 is 1.13 bits per heavy atom. The lowest BCUT2D eigenvalue weighted by molar-refractivity contribution is -0.137. The number of sulfonamides is 2. The maximum atomic E-state index is 14.0. The monoisotopic (exact) mass is 668 g/mol. The Morgan fingerprint density at radius 2 is 0.848 bits per heavy atom. The fraction of sp³-hybridized carbons (Fsp3) is 0.438. The Bertz CT molecular complexity index is 1700. The molecule has 2 heterocycles. The molecular formula is C32H36N4O8S2. The van der Waals surface area contributed by atoms with E-state index < -0.39 is 79.2 Å². The van der Waals surface area contributed by atoms with Crippen molar-refractivity contribution in [2.75, 3.05) is 36.0 Å². The maximum absolute atomic E-state index is 14.0. The Balaban J connectivity index is 1.33. The van der Waals surface area contributed by atoms with Gasteiger partial charge in [0, 0.05) is 38.0 Å². The molecule has 46 heavy (non-hydrogen) atoms. The molecule has 2 saturated heterocycles. The summed E-state index contributed by atoms with van der Waals surface area (Å²) in [7, 11) is -7.73. The van der Waals surface area contributed by atoms with E-state index in [1.54, 1.807) is 39.8 Å². The van der Waals surface area contributed by atoms with Crippen molar-refractivity contribution in [2.24, 2.45) is 35.5 Å². The molecule has 0 radical (unpaired) electrons. The zero-order valence-corrected chi connectivity index (χ0v) is 27.6. The molecule has 14 heteroatoms. The lowest BCUT2D eigenvalue weighted by Crippen LogP contribution is -2.50. The molecule has 7 rings (SSSR count). The van der Waals surface area contributed by atoms with Crippen LogP contribution in [0.3, 0.4) is 0 Å². The van der Waals surface area contributed by atoms with Gasteiger partial charge in [-0.15, -0.1) is 0 Å². The molecule has 0 aromatic heterocycles. The number of imide groups is 2. The highest BCUT2D eigenvalue weighted by atomic mass is 32.2. The first kappa shape index (κ1) is 32.2. The van der Waals surface area contributed by atoms with Crippen molar-refractivity contribution < 1.29 is 36.0 Å². The van der Waals surface area contributed by atoms with E-state index in [1.807, 2.05) is 0 Å². The molecule has 4 atom stereocenters. The average molecular weight is 669 g/mol. The average Bonchev–Trinajstić information content (AvgIpc) is 3.48. The molecule has 2 aromatic rings. The normalized spacial score (nSPS) is 27.3. The SMILES string of the molecule is CCN(CC)S(=O)(=O)c1cccc(N2C(=O)C3C4C=CC(C3C2=O)C2C(=O)N(c3cccc(S(=O)(=O)N(CC)CC)c3)C(=O)C42)c1. The minimum absolute atomic E-state index is 0.0478. The lowest BCUT2D eigenvalue weighted by atomic mass is 9.54. The third kappa shape index (κ3) is 4.52. The molecule has 2 aliphatic heterocycles. The van der Waals surface area contributed by atoms with Gasteiger partial charge >= 0.3 is 0 Å². The topological polar surface area (TPSA) is 150 Å². The Labute approximate surface area is 268 Å². The van der Waals surface area contributed by atoms with Crippen LogP contribution in [0.15, 0.2) is 70.5 Å². The first-order valence-electron chi connectivity index (χ1n) is 15.5. The molecule has 12 nitrogen and oxygen atoms in total. The third-order valence-corrected chi connectivity index (χ3v) is 13.9. The zero-order valence-electron chi connectivity index (χ0n) is 25.9. The number of allylic oxidation sites excluding steroid dienone is 2. The van der Waals surface area contributed by atoms with Crippen LogP contribution in [-0.4, -0.2) is 75.3 Å². The van der Waals surface area contributed by atoms with E-state index >= 15 is 0 Å². The molecule has 3 aliphatic carbocycles. The molecular weight excluding hydrogens is 633 g/mol. The molecule has 2 aromatic carbocycles. The number of benzene rings is 2. The Kier molecular flexibility index (Phi) is 8.06. The second-order valence-corrected chi connectivity index (χ2v) is 15.7. The van der Waals surface area contributed by atoms with Crippen LogP contribution in [0.2, 0.25) is 0 Å². The van der Waals surface area contributed by atoms with Crippen molar-refractivity contribution in [3.05, 3.63) is 60.7 Å². The van der Waals surface area contributed by atoms with Gasteiger partial charge in [0.2, 0.25) is 43.7 Å². The highest BCUT2D eigenvalue weighted by Gasteiger charge is 2.69. The van der Waals surface area contributed by atoms with Gasteiger partial charge in [0.05, 0.1) is 44.8 Å². The summed E-state index contributed by atoms with van der Waals surface area (Å²) in [6.07, 6.45) is 3.47. The van der Waals surface area contributed by atoms with E-state index in [1.165, 1.54) is 57.1 Å². The van der Waals surface area contributed by atoms with Gasteiger partial charge in [0.25, 0.3) is 0 Å². The Hall–Kier alpha value is -3.72. The maximum Gasteiger partial charge on any atom is 0.243 e. The number of hydrogen-bond donors (Lipinski definition) is 0. The summed E-state index contributed by atoms with van der Waals surface area (Å²) in [6, 6.07) is 11.4. The third-order valence-electron chi connectivity index (χ3n) is 9.85. The predicted molar refractivity (Wildman–Crippen MR) is 168 cm³/mol. The van der Waals surface area contributed by atoms with Gasteiger partial charge in [-0.2, -0.15) is 8.61 Å². The van der Waals surface area contributed by atoms with E-state index in [0.29, 0.717) is 0 Å². The van der Waals surface area contributed by atoms with Crippen molar-refractivity contribution in [3.63, 3.8) is 0 Å². The molecule has 3 fully saturated rings. The first-order valence-corrected chi connectivity index (χ1v) is 18.4. The number of anilines is 2. The highest BCUT2D eigenvalue weighted by Crippen LogP contribution is 2.58. The van der Waals surface area contributed by atoms with Crippen molar-refractivity contribution in [1.29, 1.82) is 0 Å². The number of carbonyl (C=O) groups is 4. The second kappa shape index (κ2) is 11.5. The molecule has 4 unspecified atom stereocenters. The molecule has 1 saturated carbocycles. The molecule has 244 valence electrons. The van der Waals surface area contributed by atoms with Crippen LogP contribution in [0.1, 0.15) is 27.7 Å². The summed E-state index contributed by atoms with van der Waals surface area (Å²) in [5, 5.41) is 0. The van der Waals surface area contributed by atoms with Gasteiger partial charge in [-0.3, -0.25) is 19.2 Å². The minimum atomic E-state index is -3.87. The van der Waals surface area contributed by atoms with E-state index in [0.717, 1.165) is 9.80 Å². The van der Waals surface area contributed by atoms with E-state index in [2.05, 4.69) is 0 Å². The standard InChI is InChI=1S/C32H36N4O8S2/c1-5-33(6-2)45(41,42)21-13-9-11-19(17-21)35-29(37)25-23-15-16-24(26(25)30(35)38)28-27(23)31(39)36(32(28)40)20-12-10-14-22(18-20)46(43,44)34(7-3)8-4/h9-18,23-28H,5-8H2,1-4H3. The highest BCUT2D eigenvalue weighted by molar-refractivity contribution is 7.89. The molecule has 2 bridgehead atoms. The van der Waals surface area contributed by atoms with Gasteiger partial charge in [-0.05, 0) is 36.4 Å². The van der Waals surface area contributed by atoms with E-state index in [9.17, 15) is 36.0 Å². The number of rotatable bonds is 10. The second-order valence-electron chi connectivity index (χ2n) is 11.8. The smallest absolute Gasteiger partial charge is 0.243 e. The Morgan fingerprint density at radius 1 is 0.543 bits per heavy atom. The van der Waals surface area contributed by atoms with Crippen molar-refractivity contribution in [2.45, 2.75) is 37.5 Å². The van der Waals surface area contributed by atoms with Crippen LogP contribution in [0.4, 0.5) is 11.4 Å². The van der Waals surface area contributed by atoms with Crippen molar-refractivity contribution in [3.8, 4) is 0 Å². The first-order chi connectivity index (χ1) is 21.8. The van der Waals surface area contributed by atoms with Gasteiger partial charge in [0.15, 0.2) is 0 Å². The molecule has 5 aliphatic rings. The van der Waals surface area contributed by atoms with E-state index in [-0.39, 0.29) is 47.3 Å². The minimum Gasteiger partial charge on any atom is -0.274 e. The summed E-state index contributed by atoms with van der Waals surface area (Å²) in [5.74, 6) is -7.28. The zero-order chi connectivity index (χ0) is 33.3. The lowest BCUT2D eigenvalue weighted by Gasteiger charge is -2.44. The van der Waals surface area contributed by atoms with Crippen LogP contribution >= 0.6 is 0 Å². The predicted octanol–water partition coefficient (Wildman–Crippen LogP) is 2.47. The quantitative estimate of drug-likeness (QED) is 0.277. The summed E-state index contributed by atoms with van der Waals surface area (Å²) < 4.78 is 55.3. The summed E-state index contributed by atoms with van der Waals surface area (Å²) in [6.45, 7) is 7.89. The fourth-order valence-electron chi connectivity index (χ4n) is 7.73. The summed E-state index contributed by atoms with van der Waals surface area (Å²) in [4.78, 5) is 57.8. The van der Waals surface area contributed by atoms with Gasteiger partial charge in [-0.25, -0.2) is 26.6 Å². The number of carbonyl (C=O) groups excluding carboxylic acids is 4. The van der Waals surface area contributed by atoms with Crippen molar-refractivity contribution in [1.82, 2.24) is 8.61 Å². The summed E-state index contributed by atoms with van der Waals surface area (Å²) >= 11 is 0. The van der Waals surface area contributed by atoms with Crippen LogP contribution in [-0.2, 0) is 39.2 Å². The van der Waals surface area contributed by atoms with Crippen LogP contribution in [0, 0.1) is 35.5 Å².